The summed E-state index contributed by atoms with van der Waals surface area (Å²) in [6, 6.07) is 7.65. The molecule has 2 rings (SSSR count). The van der Waals surface area contributed by atoms with E-state index >= 15 is 0 Å². The normalized spacial score (nSPS) is 10.6. The van der Waals surface area contributed by atoms with Gasteiger partial charge in [-0.15, -0.1) is 0 Å². The van der Waals surface area contributed by atoms with Crippen LogP contribution in [0.25, 0.3) is 6.08 Å². The lowest BCUT2D eigenvalue weighted by atomic mass is 10.1. The highest BCUT2D eigenvalue weighted by atomic mass is 35.5. The number of rotatable bonds is 5. The van der Waals surface area contributed by atoms with Crippen LogP contribution in [0.3, 0.4) is 0 Å². The van der Waals surface area contributed by atoms with Gasteiger partial charge in [-0.3, -0.25) is 14.9 Å². The van der Waals surface area contributed by atoms with Gasteiger partial charge < -0.3 is 15.5 Å². The van der Waals surface area contributed by atoms with E-state index in [-0.39, 0.29) is 22.0 Å². The third kappa shape index (κ3) is 4.55. The van der Waals surface area contributed by atoms with E-state index in [1.807, 2.05) is 0 Å². The smallest absolute Gasteiger partial charge is 0.339 e. The summed E-state index contributed by atoms with van der Waals surface area (Å²) in [4.78, 5) is 33.0. The number of benzene rings is 2. The number of nitro benzene ring substituents is 1. The van der Waals surface area contributed by atoms with Crippen LogP contribution in [0.1, 0.15) is 15.9 Å². The molecule has 2 aromatic rings. The topological polar surface area (TPSA) is 130 Å². The molecular weight excluding hydrogens is 352 g/mol. The minimum atomic E-state index is -1.34. The fourth-order valence-electron chi connectivity index (χ4n) is 1.91. The molecule has 0 aliphatic rings. The van der Waals surface area contributed by atoms with E-state index in [9.17, 15) is 24.8 Å². The van der Waals surface area contributed by atoms with Crippen molar-refractivity contribution >= 4 is 40.9 Å². The Labute approximate surface area is 146 Å². The van der Waals surface area contributed by atoms with Gasteiger partial charge in [0.1, 0.15) is 16.3 Å². The second kappa shape index (κ2) is 7.45. The Hall–Kier alpha value is -3.39. The molecule has 1 amide bonds. The fourth-order valence-corrected chi connectivity index (χ4v) is 2.10. The number of aromatic carboxylic acids is 1. The molecule has 25 heavy (non-hydrogen) atoms. The monoisotopic (exact) mass is 362 g/mol. The molecular formula is C16H11ClN2O6. The number of carbonyl (C=O) groups is 2. The molecule has 8 nitrogen and oxygen atoms in total. The van der Waals surface area contributed by atoms with Crippen LogP contribution in [0.5, 0.6) is 5.75 Å². The van der Waals surface area contributed by atoms with Gasteiger partial charge in [0, 0.05) is 17.8 Å². The van der Waals surface area contributed by atoms with Gasteiger partial charge in [-0.25, -0.2) is 4.79 Å². The molecule has 0 spiro atoms. The number of halogens is 1. The first-order valence-electron chi connectivity index (χ1n) is 6.77. The van der Waals surface area contributed by atoms with Crippen molar-refractivity contribution in [3.8, 4) is 5.75 Å². The number of anilines is 1. The van der Waals surface area contributed by atoms with Crippen LogP contribution in [0, 0.1) is 10.1 Å². The Morgan fingerprint density at radius 2 is 1.92 bits per heavy atom. The molecule has 128 valence electrons. The Balaban J connectivity index is 2.14. The number of nitro groups is 1. The second-order valence-corrected chi connectivity index (χ2v) is 5.23. The summed E-state index contributed by atoms with van der Waals surface area (Å²) in [5.74, 6) is -2.34. The largest absolute Gasteiger partial charge is 0.507 e. The standard InChI is InChI=1S/C16H11ClN2O6/c17-12-4-1-9(7-13(12)19(24)25)2-6-15(21)18-10-3-5-14(20)11(8-10)16(22)23/h1-8,20H,(H,18,21)(H,22,23)/b6-2+. The third-order valence-electron chi connectivity index (χ3n) is 3.09. The molecule has 0 aliphatic carbocycles. The van der Waals surface area contributed by atoms with E-state index < -0.39 is 22.5 Å². The third-order valence-corrected chi connectivity index (χ3v) is 3.41. The number of carboxylic acids is 1. The van der Waals surface area contributed by atoms with E-state index in [1.54, 1.807) is 0 Å². The summed E-state index contributed by atoms with van der Waals surface area (Å²) in [5, 5.41) is 31.6. The molecule has 0 saturated heterocycles. The summed E-state index contributed by atoms with van der Waals surface area (Å²) in [7, 11) is 0. The van der Waals surface area contributed by atoms with Crippen molar-refractivity contribution in [2.45, 2.75) is 0 Å². The first kappa shape index (κ1) is 18.0. The highest BCUT2D eigenvalue weighted by Gasteiger charge is 2.12. The first-order chi connectivity index (χ1) is 11.8. The number of aromatic hydroxyl groups is 1. The van der Waals surface area contributed by atoms with E-state index in [2.05, 4.69) is 5.32 Å². The van der Waals surface area contributed by atoms with Crippen molar-refractivity contribution in [3.05, 3.63) is 68.7 Å². The molecule has 9 heteroatoms. The van der Waals surface area contributed by atoms with Crippen molar-refractivity contribution in [1.82, 2.24) is 0 Å². The molecule has 0 heterocycles. The van der Waals surface area contributed by atoms with Gasteiger partial charge >= 0.3 is 5.97 Å². The van der Waals surface area contributed by atoms with Gasteiger partial charge in [-0.2, -0.15) is 0 Å². The summed E-state index contributed by atoms with van der Waals surface area (Å²) in [5.41, 5.74) is -0.0703. The number of nitrogens with one attached hydrogen (secondary N) is 1. The zero-order valence-corrected chi connectivity index (χ0v) is 13.2. The average Bonchev–Trinajstić information content (AvgIpc) is 2.55. The predicted octanol–water partition coefficient (Wildman–Crippen LogP) is 3.30. The first-order valence-corrected chi connectivity index (χ1v) is 7.15. The SMILES string of the molecule is O=C(/C=C/c1ccc(Cl)c([N+](=O)[O-])c1)Nc1ccc(O)c(C(=O)O)c1. The number of carbonyl (C=O) groups excluding carboxylic acids is 1. The molecule has 3 N–H and O–H groups in total. The molecule has 0 radical (unpaired) electrons. The van der Waals surface area contributed by atoms with Gasteiger partial charge in [-0.05, 0) is 35.9 Å². The van der Waals surface area contributed by atoms with Gasteiger partial charge in [-0.1, -0.05) is 17.7 Å². The van der Waals surface area contributed by atoms with Gasteiger partial charge in [0.25, 0.3) is 5.69 Å². The number of hydrogen-bond donors (Lipinski definition) is 3. The number of phenols is 1. The Morgan fingerprint density at radius 1 is 1.20 bits per heavy atom. The lowest BCUT2D eigenvalue weighted by molar-refractivity contribution is -0.384. The van der Waals surface area contributed by atoms with Gasteiger partial charge in [0.15, 0.2) is 0 Å². The number of hydrogen-bond acceptors (Lipinski definition) is 5. The van der Waals surface area contributed by atoms with E-state index in [0.717, 1.165) is 18.2 Å². The molecule has 0 fully saturated rings. The zero-order valence-electron chi connectivity index (χ0n) is 12.5. The minimum absolute atomic E-state index is 0.0168. The van der Waals surface area contributed by atoms with Crippen LogP contribution in [-0.2, 0) is 4.79 Å². The van der Waals surface area contributed by atoms with Crippen LogP contribution < -0.4 is 5.32 Å². The maximum Gasteiger partial charge on any atom is 0.339 e. The van der Waals surface area contributed by atoms with E-state index in [4.69, 9.17) is 16.7 Å². The Morgan fingerprint density at radius 3 is 2.56 bits per heavy atom. The summed E-state index contributed by atoms with van der Waals surface area (Å²) in [6.07, 6.45) is 2.47. The van der Waals surface area contributed by atoms with E-state index in [1.165, 1.54) is 30.3 Å². The van der Waals surface area contributed by atoms with E-state index in [0.29, 0.717) is 5.56 Å². The van der Waals surface area contributed by atoms with Crippen molar-refractivity contribution in [3.63, 3.8) is 0 Å². The van der Waals surface area contributed by atoms with Crippen molar-refractivity contribution in [2.75, 3.05) is 5.32 Å². The minimum Gasteiger partial charge on any atom is -0.507 e. The quantitative estimate of drug-likeness (QED) is 0.324. The van der Waals surface area contributed by atoms with Crippen LogP contribution in [0.4, 0.5) is 11.4 Å². The molecule has 0 unspecified atom stereocenters. The van der Waals surface area contributed by atoms with Crippen LogP contribution in [0.2, 0.25) is 5.02 Å². The second-order valence-electron chi connectivity index (χ2n) is 4.83. The van der Waals surface area contributed by atoms with Crippen LogP contribution >= 0.6 is 11.6 Å². The molecule has 2 aromatic carbocycles. The molecule has 0 bridgehead atoms. The van der Waals surface area contributed by atoms with Gasteiger partial charge in [0.2, 0.25) is 5.91 Å². The van der Waals surface area contributed by atoms with Crippen molar-refractivity contribution in [2.24, 2.45) is 0 Å². The summed E-state index contributed by atoms with van der Waals surface area (Å²) < 4.78 is 0. The Kier molecular flexibility index (Phi) is 5.35. The number of nitrogens with zero attached hydrogens (tertiary/aromatic N) is 1. The fraction of sp³-hybridized carbons (Fsp3) is 0. The molecule has 0 aliphatic heterocycles. The van der Waals surface area contributed by atoms with Crippen LogP contribution in [-0.4, -0.2) is 27.0 Å². The summed E-state index contributed by atoms with van der Waals surface area (Å²) in [6.45, 7) is 0. The van der Waals surface area contributed by atoms with Crippen molar-refractivity contribution in [1.29, 1.82) is 0 Å². The van der Waals surface area contributed by atoms with Crippen molar-refractivity contribution < 1.29 is 24.7 Å². The average molecular weight is 363 g/mol. The van der Waals surface area contributed by atoms with Crippen LogP contribution in [0.15, 0.2) is 42.5 Å². The highest BCUT2D eigenvalue weighted by molar-refractivity contribution is 6.32. The maximum atomic E-state index is 11.9. The highest BCUT2D eigenvalue weighted by Crippen LogP contribution is 2.25. The summed E-state index contributed by atoms with van der Waals surface area (Å²) >= 11 is 5.70. The van der Waals surface area contributed by atoms with Gasteiger partial charge in [0.05, 0.1) is 4.92 Å². The maximum absolute atomic E-state index is 11.9. The lowest BCUT2D eigenvalue weighted by Gasteiger charge is -2.05. The number of amides is 1. The molecule has 0 aromatic heterocycles. The predicted molar refractivity (Wildman–Crippen MR) is 90.8 cm³/mol. The zero-order chi connectivity index (χ0) is 18.6. The molecule has 0 atom stereocenters. The molecule has 0 saturated carbocycles. The number of carboxylic acid groups (broad SMARTS) is 1. The lowest BCUT2D eigenvalue weighted by Crippen LogP contribution is -2.08. The Bertz CT molecular complexity index is 894.